The summed E-state index contributed by atoms with van der Waals surface area (Å²) in [5.41, 5.74) is 9.41. The largest absolute Gasteiger partial charge is 0.369 e. The van der Waals surface area contributed by atoms with Gasteiger partial charge in [-0.2, -0.15) is 10.3 Å². The zero-order valence-electron chi connectivity index (χ0n) is 16.2. The van der Waals surface area contributed by atoms with Crippen LogP contribution in [0.1, 0.15) is 28.8 Å². The average molecular weight is 396 g/mol. The fraction of sp³-hybridized carbons (Fsp3) is 0.130. The summed E-state index contributed by atoms with van der Waals surface area (Å²) in [4.78, 5) is 20.9. The number of amides is 1. The van der Waals surface area contributed by atoms with Crippen molar-refractivity contribution in [3.8, 4) is 17.2 Å². The molecule has 0 radical (unpaired) electrons. The molecule has 0 spiro atoms. The van der Waals surface area contributed by atoms with Gasteiger partial charge in [0.25, 0.3) is 5.91 Å². The zero-order valence-corrected chi connectivity index (χ0v) is 16.2. The third-order valence-electron chi connectivity index (χ3n) is 4.66. The van der Waals surface area contributed by atoms with Gasteiger partial charge in [0, 0.05) is 23.4 Å². The molecule has 1 heterocycles. The van der Waals surface area contributed by atoms with Crippen molar-refractivity contribution in [2.45, 2.75) is 18.9 Å². The Kier molecular flexibility index (Phi) is 5.39. The van der Waals surface area contributed by atoms with Gasteiger partial charge in [0.05, 0.1) is 11.3 Å². The first-order valence-electron chi connectivity index (χ1n) is 9.60. The Morgan fingerprint density at radius 2 is 1.93 bits per heavy atom. The normalized spacial score (nSPS) is 13.4. The number of nitrogens with one attached hydrogen (secondary N) is 2. The topological polar surface area (TPSA) is 116 Å². The number of aliphatic imine (C=N–C) groups is 1. The number of nitrogens with zero attached hydrogens (tertiary/aromatic N) is 3. The number of carbonyl (C=O) groups excluding carboxylic acids is 1. The lowest BCUT2D eigenvalue weighted by atomic mass is 10.0. The predicted octanol–water partition coefficient (Wildman–Crippen LogP) is 3.57. The van der Waals surface area contributed by atoms with Crippen molar-refractivity contribution in [1.82, 2.24) is 10.3 Å². The summed E-state index contributed by atoms with van der Waals surface area (Å²) in [5, 5.41) is 15.1. The highest BCUT2D eigenvalue weighted by Gasteiger charge is 2.23. The number of pyridine rings is 1. The Hall–Kier alpha value is -4.18. The number of para-hydroxylation sites is 1. The van der Waals surface area contributed by atoms with Gasteiger partial charge in [-0.15, -0.1) is 0 Å². The van der Waals surface area contributed by atoms with Crippen LogP contribution in [0.5, 0.6) is 0 Å². The van der Waals surface area contributed by atoms with E-state index >= 15 is 0 Å². The zero-order chi connectivity index (χ0) is 20.9. The van der Waals surface area contributed by atoms with Crippen molar-refractivity contribution < 1.29 is 4.79 Å². The van der Waals surface area contributed by atoms with Gasteiger partial charge >= 0.3 is 0 Å². The molecule has 1 aliphatic rings. The van der Waals surface area contributed by atoms with Gasteiger partial charge in [-0.25, -0.2) is 4.98 Å². The second kappa shape index (κ2) is 8.45. The minimum Gasteiger partial charge on any atom is -0.369 e. The smallest absolute Gasteiger partial charge is 0.251 e. The lowest BCUT2D eigenvalue weighted by Gasteiger charge is -2.08. The van der Waals surface area contributed by atoms with Crippen LogP contribution in [0, 0.1) is 11.3 Å². The van der Waals surface area contributed by atoms with E-state index in [2.05, 4.69) is 26.7 Å². The van der Waals surface area contributed by atoms with E-state index in [0.29, 0.717) is 28.7 Å². The summed E-state index contributed by atoms with van der Waals surface area (Å²) in [7, 11) is 0. The molecule has 0 unspecified atom stereocenters. The van der Waals surface area contributed by atoms with Crippen molar-refractivity contribution in [2.75, 3.05) is 5.32 Å². The molecule has 7 heteroatoms. The van der Waals surface area contributed by atoms with E-state index < -0.39 is 0 Å². The molecular formula is C23H20N6O. The minimum atomic E-state index is -0.0509. The third kappa shape index (κ3) is 4.62. The lowest BCUT2D eigenvalue weighted by molar-refractivity contribution is 0.0951. The van der Waals surface area contributed by atoms with Crippen LogP contribution < -0.4 is 16.4 Å². The van der Waals surface area contributed by atoms with Crippen LogP contribution in [0.4, 0.5) is 11.5 Å². The van der Waals surface area contributed by atoms with Gasteiger partial charge in [-0.05, 0) is 54.8 Å². The maximum atomic E-state index is 12.3. The number of anilines is 1. The first kappa shape index (κ1) is 19.2. The van der Waals surface area contributed by atoms with Gasteiger partial charge in [0.15, 0.2) is 11.8 Å². The van der Waals surface area contributed by atoms with E-state index in [9.17, 15) is 4.79 Å². The predicted molar refractivity (Wildman–Crippen MR) is 116 cm³/mol. The Bertz CT molecular complexity index is 1140. The van der Waals surface area contributed by atoms with Crippen molar-refractivity contribution in [1.29, 1.82) is 5.26 Å². The fourth-order valence-corrected chi connectivity index (χ4v) is 2.94. The van der Waals surface area contributed by atoms with Crippen LogP contribution in [0.25, 0.3) is 11.1 Å². The van der Waals surface area contributed by atoms with Gasteiger partial charge in [0.2, 0.25) is 0 Å². The van der Waals surface area contributed by atoms with E-state index in [1.165, 1.54) is 0 Å². The summed E-state index contributed by atoms with van der Waals surface area (Å²) in [6.45, 7) is 0. The number of rotatable bonds is 5. The molecular weight excluding hydrogens is 376 g/mol. The Balaban J connectivity index is 1.48. The summed E-state index contributed by atoms with van der Waals surface area (Å²) < 4.78 is 0. The van der Waals surface area contributed by atoms with Gasteiger partial charge in [-0.3, -0.25) is 4.79 Å². The molecule has 1 aliphatic carbocycles. The van der Waals surface area contributed by atoms with Crippen LogP contribution in [0.2, 0.25) is 0 Å². The van der Waals surface area contributed by atoms with E-state index in [1.54, 1.807) is 36.5 Å². The van der Waals surface area contributed by atoms with E-state index in [1.807, 2.05) is 30.3 Å². The molecule has 1 saturated carbocycles. The molecule has 0 atom stereocenters. The van der Waals surface area contributed by atoms with Gasteiger partial charge in [-0.1, -0.05) is 24.3 Å². The van der Waals surface area contributed by atoms with Crippen LogP contribution >= 0.6 is 0 Å². The molecule has 2 aromatic carbocycles. The SMILES string of the molecule is N#Cc1ccccc1NC(N)=Nc1ccc(-c2cccc(C(=O)NC3CC3)c2)cn1. The first-order chi connectivity index (χ1) is 14.6. The second-order valence-electron chi connectivity index (χ2n) is 7.01. The number of hydrogen-bond donors (Lipinski definition) is 3. The number of benzene rings is 2. The number of hydrogen-bond acceptors (Lipinski definition) is 4. The summed E-state index contributed by atoms with van der Waals surface area (Å²) in [5.74, 6) is 0.516. The molecule has 1 aromatic heterocycles. The van der Waals surface area contributed by atoms with E-state index in [4.69, 9.17) is 11.0 Å². The first-order valence-corrected chi connectivity index (χ1v) is 9.60. The van der Waals surface area contributed by atoms with Crippen molar-refractivity contribution in [3.05, 3.63) is 78.0 Å². The molecule has 0 aliphatic heterocycles. The lowest BCUT2D eigenvalue weighted by Crippen LogP contribution is -2.25. The molecule has 3 aromatic rings. The number of guanidine groups is 1. The van der Waals surface area contributed by atoms with Crippen LogP contribution in [0.15, 0.2) is 71.9 Å². The quantitative estimate of drug-likeness (QED) is 0.450. The van der Waals surface area contributed by atoms with Gasteiger partial charge in [0.1, 0.15) is 6.07 Å². The highest BCUT2D eigenvalue weighted by atomic mass is 16.1. The van der Waals surface area contributed by atoms with E-state index in [0.717, 1.165) is 24.0 Å². The Labute approximate surface area is 174 Å². The summed E-state index contributed by atoms with van der Waals surface area (Å²) in [6.07, 6.45) is 3.79. The summed E-state index contributed by atoms with van der Waals surface area (Å²) >= 11 is 0. The Morgan fingerprint density at radius 3 is 2.67 bits per heavy atom. The van der Waals surface area contributed by atoms with E-state index in [-0.39, 0.29) is 11.9 Å². The highest BCUT2D eigenvalue weighted by Crippen LogP contribution is 2.23. The molecule has 0 bridgehead atoms. The van der Waals surface area contributed by atoms with Crippen LogP contribution in [-0.2, 0) is 0 Å². The number of carbonyl (C=O) groups is 1. The van der Waals surface area contributed by atoms with Crippen molar-refractivity contribution >= 4 is 23.4 Å². The second-order valence-corrected chi connectivity index (χ2v) is 7.01. The fourth-order valence-electron chi connectivity index (χ4n) is 2.94. The molecule has 148 valence electrons. The van der Waals surface area contributed by atoms with Crippen LogP contribution in [0.3, 0.4) is 0 Å². The Morgan fingerprint density at radius 1 is 1.10 bits per heavy atom. The molecule has 0 saturated heterocycles. The number of nitriles is 1. The number of aromatic nitrogens is 1. The maximum Gasteiger partial charge on any atom is 0.251 e. The molecule has 4 N–H and O–H groups in total. The van der Waals surface area contributed by atoms with Crippen molar-refractivity contribution in [3.63, 3.8) is 0 Å². The maximum absolute atomic E-state index is 12.3. The average Bonchev–Trinajstić information content (AvgIpc) is 3.59. The highest BCUT2D eigenvalue weighted by molar-refractivity contribution is 5.96. The molecule has 1 fully saturated rings. The molecule has 7 nitrogen and oxygen atoms in total. The third-order valence-corrected chi connectivity index (χ3v) is 4.66. The standard InChI is InChI=1S/C23H20N6O/c24-13-17-4-1-2-7-20(17)28-23(25)29-21-11-8-18(14-26-21)15-5-3-6-16(12-15)22(30)27-19-9-10-19/h1-8,11-12,14,19H,9-10H2,(H,27,30)(H3,25,26,28,29). The van der Waals surface area contributed by atoms with Crippen molar-refractivity contribution in [2.24, 2.45) is 10.7 Å². The molecule has 30 heavy (non-hydrogen) atoms. The minimum absolute atomic E-state index is 0.0509. The summed E-state index contributed by atoms with van der Waals surface area (Å²) in [6, 6.07) is 20.5. The monoisotopic (exact) mass is 396 g/mol. The van der Waals surface area contributed by atoms with Gasteiger partial charge < -0.3 is 16.4 Å². The molecule has 4 rings (SSSR count). The number of nitrogens with two attached hydrogens (primary N) is 1. The molecule has 1 amide bonds. The van der Waals surface area contributed by atoms with Crippen LogP contribution in [-0.4, -0.2) is 22.9 Å².